The Hall–Kier alpha value is -0.960. The molecular weight excluding hydrogens is 334 g/mol. The molecule has 0 radical (unpaired) electrons. The summed E-state index contributed by atoms with van der Waals surface area (Å²) in [6.07, 6.45) is 2.84. The van der Waals surface area contributed by atoms with E-state index in [1.54, 1.807) is 11.3 Å². The van der Waals surface area contributed by atoms with Crippen molar-refractivity contribution in [1.82, 2.24) is 14.3 Å². The highest BCUT2D eigenvalue weighted by Crippen LogP contribution is 2.26. The van der Waals surface area contributed by atoms with E-state index in [9.17, 15) is 13.2 Å². The van der Waals surface area contributed by atoms with Crippen molar-refractivity contribution >= 4 is 27.5 Å². The van der Waals surface area contributed by atoms with Gasteiger partial charge in [0.05, 0.1) is 0 Å². The summed E-state index contributed by atoms with van der Waals surface area (Å²) in [6, 6.07) is 4.02. The fraction of sp³-hybridized carbons (Fsp3) is 0.667. The molecule has 6 nitrogen and oxygen atoms in total. The molecule has 1 aliphatic carbocycles. The number of carbonyl (C=O) groups is 1. The SMILES string of the molecule is Cc1ccc(CCNC(=O)[C@@H]2CC[C@H](NS(=O)(=O)N(C)C)C2)s1. The van der Waals surface area contributed by atoms with Crippen LogP contribution < -0.4 is 10.0 Å². The topological polar surface area (TPSA) is 78.5 Å². The predicted octanol–water partition coefficient (Wildman–Crippen LogP) is 1.28. The number of thiophene rings is 1. The second-order valence-electron chi connectivity index (χ2n) is 6.17. The number of amides is 1. The van der Waals surface area contributed by atoms with E-state index in [-0.39, 0.29) is 17.9 Å². The summed E-state index contributed by atoms with van der Waals surface area (Å²) in [5.41, 5.74) is 0. The lowest BCUT2D eigenvalue weighted by atomic mass is 10.1. The van der Waals surface area contributed by atoms with Gasteiger partial charge in [-0.2, -0.15) is 17.4 Å². The lowest BCUT2D eigenvalue weighted by Gasteiger charge is -2.17. The van der Waals surface area contributed by atoms with Crippen LogP contribution in [0.5, 0.6) is 0 Å². The summed E-state index contributed by atoms with van der Waals surface area (Å²) >= 11 is 1.75. The quantitative estimate of drug-likeness (QED) is 0.770. The van der Waals surface area contributed by atoms with Crippen molar-refractivity contribution in [3.63, 3.8) is 0 Å². The number of nitrogens with zero attached hydrogens (tertiary/aromatic N) is 1. The lowest BCUT2D eigenvalue weighted by molar-refractivity contribution is -0.124. The Morgan fingerprint density at radius 3 is 2.70 bits per heavy atom. The Labute approximate surface area is 142 Å². The van der Waals surface area contributed by atoms with Crippen LogP contribution in [0.15, 0.2) is 12.1 Å². The van der Waals surface area contributed by atoms with Crippen LogP contribution in [-0.2, 0) is 21.4 Å². The third-order valence-electron chi connectivity index (χ3n) is 4.07. The van der Waals surface area contributed by atoms with Gasteiger partial charge in [-0.05, 0) is 44.7 Å². The molecule has 8 heteroatoms. The second-order valence-corrected chi connectivity index (χ2v) is 9.45. The first-order valence-corrected chi connectivity index (χ1v) is 10.1. The van der Waals surface area contributed by atoms with Crippen molar-refractivity contribution in [2.75, 3.05) is 20.6 Å². The smallest absolute Gasteiger partial charge is 0.279 e. The van der Waals surface area contributed by atoms with Gasteiger partial charge in [-0.3, -0.25) is 4.79 Å². The summed E-state index contributed by atoms with van der Waals surface area (Å²) in [5, 5.41) is 2.97. The molecule has 1 saturated carbocycles. The number of carbonyl (C=O) groups excluding carboxylic acids is 1. The minimum absolute atomic E-state index is 0.0322. The molecule has 1 aromatic rings. The molecule has 0 aromatic carbocycles. The van der Waals surface area contributed by atoms with E-state index in [0.29, 0.717) is 19.4 Å². The highest BCUT2D eigenvalue weighted by atomic mass is 32.2. The van der Waals surface area contributed by atoms with Crippen molar-refractivity contribution in [2.45, 2.75) is 38.6 Å². The maximum absolute atomic E-state index is 12.2. The van der Waals surface area contributed by atoms with E-state index < -0.39 is 10.2 Å². The van der Waals surface area contributed by atoms with Gasteiger partial charge in [0.25, 0.3) is 10.2 Å². The van der Waals surface area contributed by atoms with Gasteiger partial charge < -0.3 is 5.32 Å². The molecule has 1 aromatic heterocycles. The van der Waals surface area contributed by atoms with Crippen LogP contribution in [0.3, 0.4) is 0 Å². The molecule has 2 N–H and O–H groups in total. The molecule has 1 heterocycles. The van der Waals surface area contributed by atoms with Gasteiger partial charge in [-0.25, -0.2) is 0 Å². The fourth-order valence-electron chi connectivity index (χ4n) is 2.72. The molecule has 0 unspecified atom stereocenters. The minimum Gasteiger partial charge on any atom is -0.356 e. The molecule has 0 spiro atoms. The van der Waals surface area contributed by atoms with Crippen molar-refractivity contribution in [3.8, 4) is 0 Å². The van der Waals surface area contributed by atoms with Gasteiger partial charge in [0.2, 0.25) is 5.91 Å². The average molecular weight is 360 g/mol. The van der Waals surface area contributed by atoms with Crippen LogP contribution >= 0.6 is 11.3 Å². The van der Waals surface area contributed by atoms with Crippen molar-refractivity contribution in [1.29, 1.82) is 0 Å². The molecule has 1 aliphatic rings. The lowest BCUT2D eigenvalue weighted by Crippen LogP contribution is -2.41. The Morgan fingerprint density at radius 2 is 2.09 bits per heavy atom. The molecule has 0 bridgehead atoms. The number of hydrogen-bond acceptors (Lipinski definition) is 4. The zero-order valence-corrected chi connectivity index (χ0v) is 15.5. The average Bonchev–Trinajstić information content (AvgIpc) is 3.07. The molecule has 23 heavy (non-hydrogen) atoms. The molecule has 2 atom stereocenters. The first-order valence-electron chi connectivity index (χ1n) is 7.80. The van der Waals surface area contributed by atoms with Crippen molar-refractivity contribution in [2.24, 2.45) is 5.92 Å². The number of aryl methyl sites for hydroxylation is 1. The number of hydrogen-bond donors (Lipinski definition) is 2. The first-order chi connectivity index (χ1) is 10.8. The van der Waals surface area contributed by atoms with Crippen LogP contribution in [-0.4, -0.2) is 45.3 Å². The van der Waals surface area contributed by atoms with E-state index in [2.05, 4.69) is 29.1 Å². The maximum Gasteiger partial charge on any atom is 0.279 e. The van der Waals surface area contributed by atoms with Crippen molar-refractivity contribution < 1.29 is 13.2 Å². The van der Waals surface area contributed by atoms with Crippen molar-refractivity contribution in [3.05, 3.63) is 21.9 Å². The summed E-state index contributed by atoms with van der Waals surface area (Å²) in [5.74, 6) is -0.0697. The van der Waals surface area contributed by atoms with E-state index in [1.807, 2.05) is 0 Å². The van der Waals surface area contributed by atoms with Gasteiger partial charge in [-0.1, -0.05) is 0 Å². The summed E-state index contributed by atoms with van der Waals surface area (Å²) in [7, 11) is -0.441. The highest BCUT2D eigenvalue weighted by molar-refractivity contribution is 7.87. The third-order valence-corrected chi connectivity index (χ3v) is 6.72. The van der Waals surface area contributed by atoms with E-state index in [1.165, 1.54) is 23.8 Å². The Balaban J connectivity index is 1.74. The van der Waals surface area contributed by atoms with Crippen LogP contribution in [0, 0.1) is 12.8 Å². The molecule has 0 aliphatic heterocycles. The van der Waals surface area contributed by atoms with Gasteiger partial charge in [0.1, 0.15) is 0 Å². The maximum atomic E-state index is 12.2. The van der Waals surface area contributed by atoms with E-state index in [0.717, 1.165) is 17.1 Å². The molecule has 1 amide bonds. The van der Waals surface area contributed by atoms with Gasteiger partial charge in [0, 0.05) is 42.4 Å². The van der Waals surface area contributed by atoms with Crippen LogP contribution in [0.1, 0.15) is 29.0 Å². The van der Waals surface area contributed by atoms with Crippen LogP contribution in [0.2, 0.25) is 0 Å². The van der Waals surface area contributed by atoms with Gasteiger partial charge in [-0.15, -0.1) is 11.3 Å². The third kappa shape index (κ3) is 5.27. The Morgan fingerprint density at radius 1 is 1.35 bits per heavy atom. The highest BCUT2D eigenvalue weighted by Gasteiger charge is 2.32. The minimum atomic E-state index is -3.43. The number of rotatable bonds is 7. The zero-order chi connectivity index (χ0) is 17.0. The molecule has 2 rings (SSSR count). The molecule has 130 valence electrons. The van der Waals surface area contributed by atoms with E-state index in [4.69, 9.17) is 0 Å². The second kappa shape index (κ2) is 7.74. The normalized spacial score (nSPS) is 21.7. The standard InChI is InChI=1S/C15H25N3O3S2/c1-11-4-7-14(22-11)8-9-16-15(19)12-5-6-13(10-12)17-23(20,21)18(2)3/h4,7,12-13,17H,5-6,8-10H2,1-3H3,(H,16,19)/t12-,13+/m1/s1. The van der Waals surface area contributed by atoms with Gasteiger partial charge in [0.15, 0.2) is 0 Å². The Bertz CT molecular complexity index is 640. The summed E-state index contributed by atoms with van der Waals surface area (Å²) < 4.78 is 27.4. The van der Waals surface area contributed by atoms with E-state index >= 15 is 0 Å². The molecular formula is C15H25N3O3S2. The fourth-order valence-corrected chi connectivity index (χ4v) is 4.45. The summed E-state index contributed by atoms with van der Waals surface area (Å²) in [4.78, 5) is 14.7. The van der Waals surface area contributed by atoms with Gasteiger partial charge >= 0.3 is 0 Å². The largest absolute Gasteiger partial charge is 0.356 e. The first kappa shape index (κ1) is 18.4. The van der Waals surface area contributed by atoms with Crippen LogP contribution in [0.4, 0.5) is 0 Å². The zero-order valence-electron chi connectivity index (χ0n) is 13.8. The monoisotopic (exact) mass is 359 g/mol. The number of nitrogens with one attached hydrogen (secondary N) is 2. The molecule has 1 fully saturated rings. The van der Waals surface area contributed by atoms with Crippen LogP contribution in [0.25, 0.3) is 0 Å². The Kier molecular flexibility index (Phi) is 6.19. The summed E-state index contributed by atoms with van der Waals surface area (Å²) in [6.45, 7) is 2.70. The predicted molar refractivity (Wildman–Crippen MR) is 92.6 cm³/mol. The molecule has 0 saturated heterocycles.